The van der Waals surface area contributed by atoms with Crippen LogP contribution in [0.2, 0.25) is 0 Å². The molecule has 7 heteroatoms. The van der Waals surface area contributed by atoms with Crippen LogP contribution in [0, 0.1) is 12.7 Å². The fourth-order valence-corrected chi connectivity index (χ4v) is 3.15. The van der Waals surface area contributed by atoms with Crippen molar-refractivity contribution in [1.82, 2.24) is 20.3 Å². The van der Waals surface area contributed by atoms with E-state index in [1.807, 2.05) is 19.9 Å². The van der Waals surface area contributed by atoms with Crippen molar-refractivity contribution in [2.45, 2.75) is 26.4 Å². The molecule has 1 fully saturated rings. The quantitative estimate of drug-likeness (QED) is 0.855. The van der Waals surface area contributed by atoms with Crippen molar-refractivity contribution in [3.8, 4) is 0 Å². The molecule has 1 aromatic heterocycles. The minimum absolute atomic E-state index is 0.0117. The molecule has 140 valence electrons. The first kappa shape index (κ1) is 18.5. The number of amides is 1. The van der Waals surface area contributed by atoms with Crippen LogP contribution in [0.15, 0.2) is 34.9 Å². The van der Waals surface area contributed by atoms with Gasteiger partial charge in [0, 0.05) is 38.8 Å². The average Bonchev–Trinajstić information content (AvgIpc) is 3.02. The second-order valence-electron chi connectivity index (χ2n) is 6.82. The number of halogens is 1. The Morgan fingerprint density at radius 3 is 2.50 bits per heavy atom. The zero-order chi connectivity index (χ0) is 18.5. The Kier molecular flexibility index (Phi) is 6.00. The second-order valence-corrected chi connectivity index (χ2v) is 6.82. The summed E-state index contributed by atoms with van der Waals surface area (Å²) in [6.07, 6.45) is 0. The number of carbonyl (C=O) groups excluding carboxylic acids is 1. The maximum absolute atomic E-state index is 13.0. The van der Waals surface area contributed by atoms with E-state index in [0.717, 1.165) is 49.7 Å². The molecular weight excluding hydrogens is 335 g/mol. The molecule has 1 amide bonds. The topological polar surface area (TPSA) is 61.6 Å². The lowest BCUT2D eigenvalue weighted by atomic mass is 10.1. The zero-order valence-corrected chi connectivity index (χ0v) is 15.2. The molecule has 6 nitrogen and oxygen atoms in total. The number of aromatic nitrogens is 1. The van der Waals surface area contributed by atoms with Crippen LogP contribution in [-0.4, -0.2) is 53.6 Å². The van der Waals surface area contributed by atoms with Crippen LogP contribution >= 0.6 is 0 Å². The highest BCUT2D eigenvalue weighted by Crippen LogP contribution is 2.13. The summed E-state index contributed by atoms with van der Waals surface area (Å²) in [6, 6.07) is 8.03. The minimum Gasteiger partial charge on any atom is -0.361 e. The number of hydrogen-bond acceptors (Lipinski definition) is 5. The summed E-state index contributed by atoms with van der Waals surface area (Å²) in [6.45, 7) is 8.42. The normalized spacial score (nSPS) is 17.2. The highest BCUT2D eigenvalue weighted by atomic mass is 19.1. The van der Waals surface area contributed by atoms with E-state index in [0.29, 0.717) is 6.54 Å². The lowest BCUT2D eigenvalue weighted by molar-refractivity contribution is -0.123. The van der Waals surface area contributed by atoms with Gasteiger partial charge < -0.3 is 9.84 Å². The largest absolute Gasteiger partial charge is 0.361 e. The summed E-state index contributed by atoms with van der Waals surface area (Å²) >= 11 is 0. The van der Waals surface area contributed by atoms with E-state index in [1.54, 1.807) is 12.1 Å². The summed E-state index contributed by atoms with van der Waals surface area (Å²) < 4.78 is 18.1. The van der Waals surface area contributed by atoms with Gasteiger partial charge in [-0.15, -0.1) is 0 Å². The first-order chi connectivity index (χ1) is 12.5. The molecule has 1 atom stereocenters. The van der Waals surface area contributed by atoms with E-state index >= 15 is 0 Å². The fourth-order valence-electron chi connectivity index (χ4n) is 3.15. The fraction of sp³-hybridized carbons (Fsp3) is 0.474. The van der Waals surface area contributed by atoms with Gasteiger partial charge in [-0.2, -0.15) is 0 Å². The molecule has 0 aliphatic carbocycles. The van der Waals surface area contributed by atoms with Gasteiger partial charge >= 0.3 is 0 Å². The van der Waals surface area contributed by atoms with Crippen LogP contribution in [0.5, 0.6) is 0 Å². The summed E-state index contributed by atoms with van der Waals surface area (Å²) in [5, 5.41) is 7.00. The Balaban J connectivity index is 1.41. The third-order valence-electron chi connectivity index (χ3n) is 4.64. The van der Waals surface area contributed by atoms with Crippen molar-refractivity contribution in [1.29, 1.82) is 0 Å². The van der Waals surface area contributed by atoms with Gasteiger partial charge in [0.15, 0.2) is 0 Å². The Hall–Kier alpha value is -2.25. The minimum atomic E-state index is -0.272. The molecule has 3 rings (SSSR count). The maximum atomic E-state index is 13.0. The van der Waals surface area contributed by atoms with Gasteiger partial charge in [-0.3, -0.25) is 14.6 Å². The summed E-state index contributed by atoms with van der Waals surface area (Å²) in [4.78, 5) is 16.7. The van der Waals surface area contributed by atoms with Crippen LogP contribution in [-0.2, 0) is 11.3 Å². The molecule has 1 N–H and O–H groups in total. The van der Waals surface area contributed by atoms with Crippen LogP contribution in [0.1, 0.15) is 30.0 Å². The van der Waals surface area contributed by atoms with Gasteiger partial charge in [-0.25, -0.2) is 4.39 Å². The Morgan fingerprint density at radius 2 is 1.88 bits per heavy atom. The molecular formula is C19H25FN4O2. The summed E-state index contributed by atoms with van der Waals surface area (Å²) in [7, 11) is 0. The van der Waals surface area contributed by atoms with E-state index in [9.17, 15) is 9.18 Å². The number of nitrogens with one attached hydrogen (secondary N) is 1. The van der Waals surface area contributed by atoms with E-state index < -0.39 is 0 Å². The van der Waals surface area contributed by atoms with Crippen molar-refractivity contribution in [2.75, 3.05) is 32.7 Å². The van der Waals surface area contributed by atoms with Crippen molar-refractivity contribution >= 4 is 5.91 Å². The van der Waals surface area contributed by atoms with E-state index in [4.69, 9.17) is 4.52 Å². The van der Waals surface area contributed by atoms with Gasteiger partial charge in [0.05, 0.1) is 18.3 Å². The van der Waals surface area contributed by atoms with Crippen LogP contribution < -0.4 is 5.32 Å². The molecule has 2 aromatic rings. The number of benzene rings is 1. The molecule has 1 saturated heterocycles. The molecule has 0 radical (unpaired) electrons. The summed E-state index contributed by atoms with van der Waals surface area (Å²) in [5.74, 6) is 0.541. The lowest BCUT2D eigenvalue weighted by Gasteiger charge is -2.34. The monoisotopic (exact) mass is 360 g/mol. The average molecular weight is 360 g/mol. The number of aryl methyl sites for hydroxylation is 1. The molecule has 0 bridgehead atoms. The van der Waals surface area contributed by atoms with Gasteiger partial charge in [0.1, 0.15) is 11.6 Å². The van der Waals surface area contributed by atoms with Gasteiger partial charge in [-0.1, -0.05) is 17.3 Å². The molecule has 2 heterocycles. The van der Waals surface area contributed by atoms with Crippen LogP contribution in [0.3, 0.4) is 0 Å². The molecule has 26 heavy (non-hydrogen) atoms. The number of hydrogen-bond donors (Lipinski definition) is 1. The second kappa shape index (κ2) is 8.42. The predicted octanol–water partition coefficient (Wildman–Crippen LogP) is 2.12. The predicted molar refractivity (Wildman–Crippen MR) is 95.9 cm³/mol. The maximum Gasteiger partial charge on any atom is 0.234 e. The van der Waals surface area contributed by atoms with E-state index in [-0.39, 0.29) is 17.8 Å². The Labute approximate surface area is 152 Å². The molecule has 1 aromatic carbocycles. The SMILES string of the molecule is Cc1cc(CN2CCN(CC(=O)NC(C)c3ccc(F)cc3)CC2)no1. The molecule has 0 saturated carbocycles. The molecule has 1 aliphatic heterocycles. The highest BCUT2D eigenvalue weighted by Gasteiger charge is 2.20. The summed E-state index contributed by atoms with van der Waals surface area (Å²) in [5.41, 5.74) is 1.84. The van der Waals surface area contributed by atoms with Gasteiger partial charge in [-0.05, 0) is 31.5 Å². The first-order valence-electron chi connectivity index (χ1n) is 8.91. The van der Waals surface area contributed by atoms with Crippen LogP contribution in [0.25, 0.3) is 0 Å². The molecule has 1 unspecified atom stereocenters. The standard InChI is InChI=1S/C19H25FN4O2/c1-14-11-18(22-26-14)12-23-7-9-24(10-8-23)13-19(25)21-15(2)16-3-5-17(20)6-4-16/h3-6,11,15H,7-10,12-13H2,1-2H3,(H,21,25). The van der Waals surface area contributed by atoms with Crippen LogP contribution in [0.4, 0.5) is 4.39 Å². The van der Waals surface area contributed by atoms with Crippen molar-refractivity contribution < 1.29 is 13.7 Å². The number of nitrogens with zero attached hydrogens (tertiary/aromatic N) is 3. The smallest absolute Gasteiger partial charge is 0.234 e. The molecule has 0 spiro atoms. The van der Waals surface area contributed by atoms with Gasteiger partial charge in [0.2, 0.25) is 5.91 Å². The third-order valence-corrected chi connectivity index (χ3v) is 4.64. The number of rotatable bonds is 6. The highest BCUT2D eigenvalue weighted by molar-refractivity contribution is 5.78. The third kappa shape index (κ3) is 5.12. The Bertz CT molecular complexity index is 723. The zero-order valence-electron chi connectivity index (χ0n) is 15.2. The first-order valence-corrected chi connectivity index (χ1v) is 8.91. The molecule has 1 aliphatic rings. The van der Waals surface area contributed by atoms with Gasteiger partial charge in [0.25, 0.3) is 0 Å². The Morgan fingerprint density at radius 1 is 1.23 bits per heavy atom. The van der Waals surface area contributed by atoms with Crippen molar-refractivity contribution in [3.05, 3.63) is 53.2 Å². The number of carbonyl (C=O) groups is 1. The van der Waals surface area contributed by atoms with E-state index in [1.165, 1.54) is 12.1 Å². The lowest BCUT2D eigenvalue weighted by Crippen LogP contribution is -2.49. The van der Waals surface area contributed by atoms with Crippen molar-refractivity contribution in [3.63, 3.8) is 0 Å². The van der Waals surface area contributed by atoms with E-state index in [2.05, 4.69) is 20.3 Å². The van der Waals surface area contributed by atoms with Crippen molar-refractivity contribution in [2.24, 2.45) is 0 Å². The number of piperazine rings is 1.